The second kappa shape index (κ2) is 10.6. The van der Waals surface area contributed by atoms with E-state index >= 15 is 0 Å². The molecular weight excluding hydrogens is 669 g/mol. The van der Waals surface area contributed by atoms with Crippen LogP contribution in [0, 0.1) is 0 Å². The summed E-state index contributed by atoms with van der Waals surface area (Å²) in [4.78, 5) is 4.50. The van der Waals surface area contributed by atoms with Crippen molar-refractivity contribution in [2.45, 2.75) is 0 Å². The largest absolute Gasteiger partial charge is 0.309 e. The van der Waals surface area contributed by atoms with E-state index in [-0.39, 0.29) is 0 Å². The van der Waals surface area contributed by atoms with E-state index in [4.69, 9.17) is 0 Å². The fraction of sp³-hybridized carbons (Fsp3) is 0. The summed E-state index contributed by atoms with van der Waals surface area (Å²) in [5.74, 6) is 0. The Morgan fingerprint density at radius 1 is 0.327 bits per heavy atom. The van der Waals surface area contributed by atoms with Crippen LogP contribution in [-0.2, 0) is 0 Å². The first-order chi connectivity index (χ1) is 27.3. The van der Waals surface area contributed by atoms with Gasteiger partial charge >= 0.3 is 0 Å². The van der Waals surface area contributed by atoms with Gasteiger partial charge in [0, 0.05) is 66.0 Å². The average molecular weight is 699 g/mol. The molecule has 5 aromatic heterocycles. The lowest BCUT2D eigenvalue weighted by Gasteiger charge is -2.12. The number of hydrogen-bond donors (Lipinski definition) is 0. The monoisotopic (exact) mass is 698 g/mol. The molecule has 55 heavy (non-hydrogen) atoms. The van der Waals surface area contributed by atoms with Crippen molar-refractivity contribution in [2.75, 3.05) is 0 Å². The maximum atomic E-state index is 4.50. The van der Waals surface area contributed by atoms with E-state index in [1.807, 2.05) is 12.4 Å². The van der Waals surface area contributed by atoms with Crippen LogP contribution >= 0.6 is 0 Å². The molecule has 0 saturated carbocycles. The molecule has 0 atom stereocenters. The van der Waals surface area contributed by atoms with Gasteiger partial charge in [-0.25, -0.2) is 0 Å². The minimum Gasteiger partial charge on any atom is -0.309 e. The predicted octanol–water partition coefficient (Wildman–Crippen LogP) is 13.2. The van der Waals surface area contributed by atoms with Gasteiger partial charge in [-0.2, -0.15) is 0 Å². The van der Waals surface area contributed by atoms with E-state index < -0.39 is 0 Å². The second-order valence-corrected chi connectivity index (χ2v) is 14.7. The third-order valence-electron chi connectivity index (χ3n) is 12.0. The Morgan fingerprint density at radius 2 is 0.945 bits per heavy atom. The lowest BCUT2D eigenvalue weighted by Crippen LogP contribution is -1.95. The number of benzene rings is 8. The minimum atomic E-state index is 1.11. The molecule has 0 saturated heterocycles. The van der Waals surface area contributed by atoms with E-state index in [1.54, 1.807) is 0 Å². The van der Waals surface area contributed by atoms with Crippen molar-refractivity contribution in [3.63, 3.8) is 0 Å². The zero-order valence-electron chi connectivity index (χ0n) is 29.6. The van der Waals surface area contributed by atoms with Gasteiger partial charge in [0.15, 0.2) is 0 Å². The Hall–Kier alpha value is -7.43. The van der Waals surface area contributed by atoms with Gasteiger partial charge in [-0.3, -0.25) is 4.98 Å². The summed E-state index contributed by atoms with van der Waals surface area (Å²) < 4.78 is 7.36. The van der Waals surface area contributed by atoms with E-state index in [9.17, 15) is 0 Å². The van der Waals surface area contributed by atoms with Gasteiger partial charge in [-0.05, 0) is 71.1 Å². The highest BCUT2D eigenvalue weighted by Crippen LogP contribution is 2.48. The second-order valence-electron chi connectivity index (χ2n) is 14.7. The van der Waals surface area contributed by atoms with Gasteiger partial charge in [-0.1, -0.05) is 115 Å². The van der Waals surface area contributed by atoms with Gasteiger partial charge < -0.3 is 13.5 Å². The summed E-state index contributed by atoms with van der Waals surface area (Å²) in [6, 6.07) is 62.3. The lowest BCUT2D eigenvalue weighted by atomic mass is 9.98. The molecule has 0 aliphatic heterocycles. The quantitative estimate of drug-likeness (QED) is 0.180. The fourth-order valence-electron chi connectivity index (χ4n) is 9.82. The number of pyridine rings is 1. The Bertz CT molecular complexity index is 3690. The smallest absolute Gasteiger partial charge is 0.0724 e. The zero-order valence-corrected chi connectivity index (χ0v) is 29.6. The molecule has 0 bridgehead atoms. The Balaban J connectivity index is 1.08. The van der Waals surface area contributed by atoms with E-state index in [0.29, 0.717) is 0 Å². The summed E-state index contributed by atoms with van der Waals surface area (Å²) in [5.41, 5.74) is 13.2. The van der Waals surface area contributed by atoms with Gasteiger partial charge in [0.2, 0.25) is 0 Å². The van der Waals surface area contributed by atoms with Crippen LogP contribution in [0.2, 0.25) is 0 Å². The molecule has 0 N–H and O–H groups in total. The Morgan fingerprint density at radius 3 is 1.80 bits per heavy atom. The predicted molar refractivity (Wildman–Crippen MR) is 231 cm³/mol. The van der Waals surface area contributed by atoms with Gasteiger partial charge in [0.25, 0.3) is 0 Å². The average Bonchev–Trinajstić information content (AvgIpc) is 3.99. The summed E-state index contributed by atoms with van der Waals surface area (Å²) in [6.07, 6.45) is 3.87. The summed E-state index contributed by atoms with van der Waals surface area (Å²) in [6.45, 7) is 0. The molecule has 0 aliphatic rings. The van der Waals surface area contributed by atoms with Crippen LogP contribution in [0.1, 0.15) is 0 Å². The molecule has 0 fully saturated rings. The topological polar surface area (TPSA) is 27.2 Å². The molecule has 4 heteroatoms. The van der Waals surface area contributed by atoms with Crippen LogP contribution in [0.3, 0.4) is 0 Å². The van der Waals surface area contributed by atoms with Gasteiger partial charge in [0.1, 0.15) is 0 Å². The third-order valence-corrected chi connectivity index (χ3v) is 12.0. The molecule has 4 nitrogen and oxygen atoms in total. The van der Waals surface area contributed by atoms with E-state index in [1.165, 1.54) is 98.1 Å². The first kappa shape index (κ1) is 29.1. The summed E-state index contributed by atoms with van der Waals surface area (Å²) >= 11 is 0. The highest BCUT2D eigenvalue weighted by Gasteiger charge is 2.25. The third kappa shape index (κ3) is 3.73. The van der Waals surface area contributed by atoms with Crippen molar-refractivity contribution < 1.29 is 0 Å². The molecule has 0 radical (unpaired) electrons. The molecule has 0 aliphatic carbocycles. The number of nitrogens with zero attached hydrogens (tertiary/aromatic N) is 4. The maximum Gasteiger partial charge on any atom is 0.0724 e. The SMILES string of the molecule is c1ccc(-n2c3ccc(-c4ccc(-n5c6ccccc6c6c7ccccc7c7c(c8cccc9c%10ccccc%10n7c98)c65)cc4)cc3c3ccncc32)cc1. The number of para-hydroxylation sites is 4. The molecule has 13 rings (SSSR count). The Kier molecular flexibility index (Phi) is 5.60. The van der Waals surface area contributed by atoms with Gasteiger partial charge in [0.05, 0.1) is 44.8 Å². The molecule has 0 spiro atoms. The highest BCUT2D eigenvalue weighted by atomic mass is 15.0. The maximum absolute atomic E-state index is 4.50. The molecule has 0 unspecified atom stereocenters. The van der Waals surface area contributed by atoms with Crippen LogP contribution in [0.25, 0.3) is 115 Å². The van der Waals surface area contributed by atoms with Gasteiger partial charge in [-0.15, -0.1) is 0 Å². The van der Waals surface area contributed by atoms with Crippen molar-refractivity contribution in [3.05, 3.63) is 182 Å². The van der Waals surface area contributed by atoms with Crippen LogP contribution in [0.5, 0.6) is 0 Å². The number of fused-ring (bicyclic) bond motifs is 16. The van der Waals surface area contributed by atoms with E-state index in [2.05, 4.69) is 188 Å². The number of hydrogen-bond acceptors (Lipinski definition) is 1. The molecule has 13 aromatic rings. The minimum absolute atomic E-state index is 1.11. The summed E-state index contributed by atoms with van der Waals surface area (Å²) in [5, 5.41) is 12.7. The van der Waals surface area contributed by atoms with Crippen LogP contribution in [0.15, 0.2) is 182 Å². The lowest BCUT2D eigenvalue weighted by molar-refractivity contribution is 1.17. The zero-order chi connectivity index (χ0) is 35.8. The fourth-order valence-corrected chi connectivity index (χ4v) is 9.82. The highest BCUT2D eigenvalue weighted by molar-refractivity contribution is 6.39. The van der Waals surface area contributed by atoms with Crippen molar-refractivity contribution in [2.24, 2.45) is 0 Å². The first-order valence-corrected chi connectivity index (χ1v) is 18.9. The normalized spacial score (nSPS) is 12.4. The van der Waals surface area contributed by atoms with E-state index in [0.717, 1.165) is 16.9 Å². The molecular formula is C51H30N4. The molecule has 8 aromatic carbocycles. The first-order valence-electron chi connectivity index (χ1n) is 18.9. The van der Waals surface area contributed by atoms with Crippen molar-refractivity contribution >= 4 is 92.5 Å². The standard InChI is InChI=1S/C51H30N4/c1-2-11-33(12-3-1)53-45-26-23-32(29-42(45)36-27-28-52-30-46(36)53)31-21-24-34(25-22-31)54-44-20-9-7-16-40(44)47-37-14-4-5-15-39(37)50-48(51(47)54)41-18-10-17-38-35-13-6-8-19-43(35)55(50)49(38)41/h1-30H. The van der Waals surface area contributed by atoms with Crippen molar-refractivity contribution in [1.82, 2.24) is 18.5 Å². The van der Waals surface area contributed by atoms with Crippen LogP contribution in [-0.4, -0.2) is 18.5 Å². The number of rotatable bonds is 3. The molecule has 0 amide bonds. The molecule has 254 valence electrons. The number of aromatic nitrogens is 4. The van der Waals surface area contributed by atoms with Crippen molar-refractivity contribution in [1.29, 1.82) is 0 Å². The summed E-state index contributed by atoms with van der Waals surface area (Å²) in [7, 11) is 0. The van der Waals surface area contributed by atoms with Crippen LogP contribution in [0.4, 0.5) is 0 Å². The van der Waals surface area contributed by atoms with Crippen LogP contribution < -0.4 is 0 Å². The Labute approximate surface area is 314 Å². The molecule has 5 heterocycles. The van der Waals surface area contributed by atoms with Crippen molar-refractivity contribution in [3.8, 4) is 22.5 Å².